The van der Waals surface area contributed by atoms with Crippen LogP contribution < -0.4 is 0 Å². The van der Waals surface area contributed by atoms with Crippen molar-refractivity contribution in [2.75, 3.05) is 0 Å². The van der Waals surface area contributed by atoms with E-state index >= 15 is 0 Å². The van der Waals surface area contributed by atoms with Crippen LogP contribution in [0, 0.1) is 0 Å². The van der Waals surface area contributed by atoms with Crippen molar-refractivity contribution >= 4 is 28.6 Å². The van der Waals surface area contributed by atoms with E-state index in [0.717, 1.165) is 16.4 Å². The number of hydrogen-bond donors (Lipinski definition) is 0. The van der Waals surface area contributed by atoms with Gasteiger partial charge in [-0.05, 0) is 53.8 Å². The fourth-order valence-corrected chi connectivity index (χ4v) is 2.77. The first-order valence-electron chi connectivity index (χ1n) is 4.88. The first-order valence-corrected chi connectivity index (χ1v) is 5.96. The van der Waals surface area contributed by atoms with Crippen molar-refractivity contribution in [2.45, 2.75) is 44.6 Å². The molecule has 2 rings (SSSR count). The van der Waals surface area contributed by atoms with Gasteiger partial charge in [0.2, 0.25) is 0 Å². The Hall–Kier alpha value is -0.0600. The number of ether oxygens (including phenoxy) is 1. The lowest BCUT2D eigenvalue weighted by Gasteiger charge is -2.16. The monoisotopic (exact) mass is 292 g/mol. The van der Waals surface area contributed by atoms with Crippen molar-refractivity contribution in [3.8, 4) is 0 Å². The molecule has 0 aromatic carbocycles. The molecule has 0 aromatic rings. The Balaban J connectivity index is 2.17. The van der Waals surface area contributed by atoms with Gasteiger partial charge in [0.25, 0.3) is 0 Å². The number of hydrogen-bond acceptors (Lipinski definition) is 2. The molecule has 1 fully saturated rings. The van der Waals surface area contributed by atoms with Gasteiger partial charge in [-0.2, -0.15) is 0 Å². The molecule has 1 unspecified atom stereocenters. The van der Waals surface area contributed by atoms with Crippen LogP contribution in [-0.4, -0.2) is 12.1 Å². The molecule has 2 aliphatic rings. The highest BCUT2D eigenvalue weighted by Gasteiger charge is 2.32. The van der Waals surface area contributed by atoms with E-state index in [1.165, 1.54) is 31.3 Å². The van der Waals surface area contributed by atoms with Crippen LogP contribution >= 0.6 is 22.6 Å². The zero-order valence-corrected chi connectivity index (χ0v) is 9.67. The third-order valence-corrected chi connectivity index (χ3v) is 3.89. The first kappa shape index (κ1) is 9.49. The van der Waals surface area contributed by atoms with Gasteiger partial charge in [-0.15, -0.1) is 0 Å². The molecule has 0 saturated heterocycles. The maximum absolute atomic E-state index is 11.3. The normalized spacial score (nSPS) is 29.3. The second-order valence-corrected chi connectivity index (χ2v) is 4.76. The van der Waals surface area contributed by atoms with Crippen LogP contribution in [0.15, 0.2) is 9.15 Å². The van der Waals surface area contributed by atoms with E-state index in [1.807, 2.05) is 0 Å². The Labute approximate surface area is 91.9 Å². The number of rotatable bonds is 0. The molecule has 1 aliphatic carbocycles. The fourth-order valence-electron chi connectivity index (χ4n) is 2.03. The average Bonchev–Trinajstić information content (AvgIpc) is 2.31. The summed E-state index contributed by atoms with van der Waals surface area (Å²) in [6.07, 6.45) is 7.23. The van der Waals surface area contributed by atoms with E-state index in [9.17, 15) is 4.79 Å². The summed E-state index contributed by atoms with van der Waals surface area (Å²) < 4.78 is 6.14. The molecular formula is C10H13IO2. The van der Waals surface area contributed by atoms with Crippen molar-refractivity contribution in [1.82, 2.24) is 0 Å². The third kappa shape index (κ3) is 1.90. The second-order valence-electron chi connectivity index (χ2n) is 3.69. The van der Waals surface area contributed by atoms with Crippen molar-refractivity contribution < 1.29 is 9.53 Å². The molecule has 0 N–H and O–H groups in total. The lowest BCUT2D eigenvalue weighted by molar-refractivity contribution is -0.139. The molecule has 0 amide bonds. The lowest BCUT2D eigenvalue weighted by atomic mass is 9.95. The Bertz CT molecular complexity index is 258. The minimum absolute atomic E-state index is 0.0949. The number of carbonyl (C=O) groups is 1. The van der Waals surface area contributed by atoms with Crippen LogP contribution in [0.4, 0.5) is 0 Å². The van der Waals surface area contributed by atoms with E-state index in [1.54, 1.807) is 0 Å². The van der Waals surface area contributed by atoms with E-state index in [4.69, 9.17) is 4.74 Å². The second kappa shape index (κ2) is 3.98. The average molecular weight is 292 g/mol. The van der Waals surface area contributed by atoms with Gasteiger partial charge >= 0.3 is 5.97 Å². The molecule has 0 bridgehead atoms. The molecule has 0 radical (unpaired) electrons. The number of halogens is 1. The third-order valence-electron chi connectivity index (χ3n) is 2.76. The van der Waals surface area contributed by atoms with Crippen molar-refractivity contribution in [2.24, 2.45) is 0 Å². The molecule has 1 saturated carbocycles. The Kier molecular flexibility index (Phi) is 2.91. The van der Waals surface area contributed by atoms with Gasteiger partial charge < -0.3 is 4.74 Å². The minimum Gasteiger partial charge on any atom is -0.454 e. The SMILES string of the molecule is O=C1OC2CCCCCCC2=C1I. The van der Waals surface area contributed by atoms with E-state index in [0.29, 0.717) is 0 Å². The van der Waals surface area contributed by atoms with Crippen molar-refractivity contribution in [3.05, 3.63) is 9.15 Å². The van der Waals surface area contributed by atoms with Crippen molar-refractivity contribution in [3.63, 3.8) is 0 Å². The maximum atomic E-state index is 11.3. The smallest absolute Gasteiger partial charge is 0.345 e. The minimum atomic E-state index is -0.0949. The zero-order valence-electron chi connectivity index (χ0n) is 7.51. The Morgan fingerprint density at radius 2 is 2.00 bits per heavy atom. The van der Waals surface area contributed by atoms with Gasteiger partial charge in [0.15, 0.2) is 0 Å². The van der Waals surface area contributed by atoms with Gasteiger partial charge in [0, 0.05) is 0 Å². The predicted octanol–water partition coefficient (Wildman–Crippen LogP) is 2.96. The Morgan fingerprint density at radius 1 is 1.23 bits per heavy atom. The molecule has 1 atom stereocenters. The van der Waals surface area contributed by atoms with E-state index in [-0.39, 0.29) is 12.1 Å². The molecule has 1 aliphatic heterocycles. The molecule has 0 aromatic heterocycles. The largest absolute Gasteiger partial charge is 0.454 e. The molecule has 2 nitrogen and oxygen atoms in total. The summed E-state index contributed by atoms with van der Waals surface area (Å²) in [6.45, 7) is 0. The summed E-state index contributed by atoms with van der Waals surface area (Å²) in [7, 11) is 0. The van der Waals surface area contributed by atoms with E-state index < -0.39 is 0 Å². The molecule has 72 valence electrons. The number of carbonyl (C=O) groups excluding carboxylic acids is 1. The number of esters is 1. The van der Waals surface area contributed by atoms with Crippen LogP contribution in [0.5, 0.6) is 0 Å². The summed E-state index contributed by atoms with van der Waals surface area (Å²) in [5.41, 5.74) is 1.27. The fraction of sp³-hybridized carbons (Fsp3) is 0.700. The highest BCUT2D eigenvalue weighted by molar-refractivity contribution is 14.1. The zero-order chi connectivity index (χ0) is 9.26. The first-order chi connectivity index (χ1) is 6.29. The summed E-state index contributed by atoms with van der Waals surface area (Å²) >= 11 is 2.13. The summed E-state index contributed by atoms with van der Waals surface area (Å²) in [5.74, 6) is -0.0949. The van der Waals surface area contributed by atoms with E-state index in [2.05, 4.69) is 22.6 Å². The van der Waals surface area contributed by atoms with Crippen LogP contribution in [0.25, 0.3) is 0 Å². The highest BCUT2D eigenvalue weighted by atomic mass is 127. The van der Waals surface area contributed by atoms with Gasteiger partial charge in [0.05, 0.1) is 0 Å². The maximum Gasteiger partial charge on any atom is 0.345 e. The van der Waals surface area contributed by atoms with Crippen LogP contribution in [0.2, 0.25) is 0 Å². The van der Waals surface area contributed by atoms with Gasteiger partial charge in [-0.1, -0.05) is 12.8 Å². The molecule has 0 spiro atoms. The van der Waals surface area contributed by atoms with Crippen LogP contribution in [0.3, 0.4) is 0 Å². The highest BCUT2D eigenvalue weighted by Crippen LogP contribution is 2.35. The predicted molar refractivity (Wildman–Crippen MR) is 58.6 cm³/mol. The molecule has 13 heavy (non-hydrogen) atoms. The lowest BCUT2D eigenvalue weighted by Crippen LogP contribution is -2.13. The van der Waals surface area contributed by atoms with Gasteiger partial charge in [-0.3, -0.25) is 0 Å². The topological polar surface area (TPSA) is 26.3 Å². The van der Waals surface area contributed by atoms with Crippen LogP contribution in [-0.2, 0) is 9.53 Å². The Morgan fingerprint density at radius 3 is 2.85 bits per heavy atom. The summed E-state index contributed by atoms with van der Waals surface area (Å²) in [4.78, 5) is 11.3. The van der Waals surface area contributed by atoms with Gasteiger partial charge in [-0.25, -0.2) is 4.79 Å². The van der Waals surface area contributed by atoms with Gasteiger partial charge in [0.1, 0.15) is 9.68 Å². The quantitative estimate of drug-likeness (QED) is 0.507. The molecule has 3 heteroatoms. The molecular weight excluding hydrogens is 279 g/mol. The molecule has 1 heterocycles. The van der Waals surface area contributed by atoms with Crippen molar-refractivity contribution in [1.29, 1.82) is 0 Å². The summed E-state index contributed by atoms with van der Waals surface area (Å²) in [5, 5.41) is 0. The summed E-state index contributed by atoms with van der Waals surface area (Å²) in [6, 6.07) is 0. The standard InChI is InChI=1S/C10H13IO2/c11-9-7-5-3-1-2-4-6-8(7)13-10(9)12/h8H,1-6H2. The van der Waals surface area contributed by atoms with Crippen LogP contribution in [0.1, 0.15) is 38.5 Å². The number of fused-ring (bicyclic) bond motifs is 1.